The van der Waals surface area contributed by atoms with Crippen LogP contribution < -0.4 is 14.5 Å². The van der Waals surface area contributed by atoms with E-state index in [1.807, 2.05) is 70.3 Å². The molecular weight excluding hydrogens is 412 g/mol. The Balaban J connectivity index is 1.82. The molecule has 0 aliphatic carbocycles. The Morgan fingerprint density at radius 3 is 2.30 bits per heavy atom. The minimum Gasteiger partial charge on any atom is -0.342 e. The van der Waals surface area contributed by atoms with Crippen molar-refractivity contribution in [3.05, 3.63) is 78.9 Å². The third kappa shape index (κ3) is 6.56. The van der Waals surface area contributed by atoms with E-state index in [0.717, 1.165) is 22.4 Å². The molecule has 0 fully saturated rings. The predicted molar refractivity (Wildman–Crippen MR) is 125 cm³/mol. The Morgan fingerprint density at radius 1 is 1.00 bits per heavy atom. The minimum atomic E-state index is -0.292. The highest BCUT2D eigenvalue weighted by atomic mass is 16.1. The van der Waals surface area contributed by atoms with Gasteiger partial charge < -0.3 is 5.32 Å². The molecule has 0 aliphatic rings. The first-order chi connectivity index (χ1) is 15.9. The second kappa shape index (κ2) is 11.1. The largest absolute Gasteiger partial charge is 0.342 e. The summed E-state index contributed by atoms with van der Waals surface area (Å²) >= 11 is 0. The average molecular weight is 443 g/mol. The summed E-state index contributed by atoms with van der Waals surface area (Å²) in [6.45, 7) is 6.14. The van der Waals surface area contributed by atoms with Crippen molar-refractivity contribution in [3.63, 3.8) is 0 Å². The zero-order valence-electron chi connectivity index (χ0n) is 19.4. The number of rotatable bonds is 9. The monoisotopic (exact) mass is 442 g/mol. The van der Waals surface area contributed by atoms with Gasteiger partial charge >= 0.3 is 0 Å². The van der Waals surface area contributed by atoms with Crippen molar-refractivity contribution in [1.29, 1.82) is 5.26 Å². The van der Waals surface area contributed by atoms with Gasteiger partial charge in [0.1, 0.15) is 6.54 Å². The van der Waals surface area contributed by atoms with Crippen LogP contribution in [-0.4, -0.2) is 18.2 Å². The Morgan fingerprint density at radius 2 is 1.70 bits per heavy atom. The number of aromatic nitrogens is 2. The zero-order valence-corrected chi connectivity index (χ0v) is 19.4. The highest BCUT2D eigenvalue weighted by molar-refractivity contribution is 5.84. The first-order valence-corrected chi connectivity index (χ1v) is 11.1. The number of hydrogen-bond donors (Lipinski definition) is 1. The van der Waals surface area contributed by atoms with E-state index in [1.54, 1.807) is 6.92 Å². The van der Waals surface area contributed by atoms with Crippen LogP contribution in [0.4, 0.5) is 0 Å². The number of carbonyl (C=O) groups is 2. The molecule has 0 radical (unpaired) electrons. The van der Waals surface area contributed by atoms with Crippen LogP contribution in [0.5, 0.6) is 0 Å². The molecule has 168 valence electrons. The van der Waals surface area contributed by atoms with E-state index in [2.05, 4.69) is 37.4 Å². The maximum Gasteiger partial charge on any atom is 0.239 e. The van der Waals surface area contributed by atoms with Crippen LogP contribution in [-0.2, 0) is 16.1 Å². The lowest BCUT2D eigenvalue weighted by Crippen LogP contribution is -2.42. The molecule has 1 N–H and O–H groups in total. The van der Waals surface area contributed by atoms with Crippen molar-refractivity contribution in [2.75, 3.05) is 6.54 Å². The number of amides is 1. The summed E-state index contributed by atoms with van der Waals surface area (Å²) in [4.78, 5) is 24.0. The number of benzene rings is 2. The normalized spacial score (nSPS) is 11.6. The summed E-state index contributed by atoms with van der Waals surface area (Å²) in [6.07, 6.45) is 8.33. The van der Waals surface area contributed by atoms with Gasteiger partial charge in [-0.05, 0) is 41.2 Å². The fraction of sp³-hybridized carbons (Fsp3) is 0.296. The average Bonchev–Trinajstić information content (AvgIpc) is 2.81. The Bertz CT molecular complexity index is 1150. The lowest BCUT2D eigenvalue weighted by atomic mass is 9.88. The number of nitriles is 1. The molecule has 0 bridgehead atoms. The summed E-state index contributed by atoms with van der Waals surface area (Å²) in [7, 11) is 0. The lowest BCUT2D eigenvalue weighted by molar-refractivity contribution is -0.711. The van der Waals surface area contributed by atoms with Crippen LogP contribution in [0.1, 0.15) is 38.7 Å². The Labute approximate surface area is 195 Å². The molecule has 2 aromatic carbocycles. The van der Waals surface area contributed by atoms with E-state index >= 15 is 0 Å². The van der Waals surface area contributed by atoms with Crippen LogP contribution in [0.15, 0.2) is 73.3 Å². The van der Waals surface area contributed by atoms with E-state index in [-0.39, 0.29) is 24.2 Å². The number of carbonyl (C=O) groups excluding carboxylic acids is 2. The highest BCUT2D eigenvalue weighted by Crippen LogP contribution is 2.28. The van der Waals surface area contributed by atoms with Crippen molar-refractivity contribution < 1.29 is 18.7 Å². The van der Waals surface area contributed by atoms with Gasteiger partial charge in [-0.1, -0.05) is 38.1 Å². The standard InChI is InChI=1S/C27H29N4O2/c1-20(2)17-26(27(33)29-12-11-28)24-6-4-5-23(18-24)22-7-9-25(10-8-22)31-15-13-30(14-16-31)19-21(3)32/h4-10,13-16,18,20,26H,12,17,19H2,1-3H3/q+1/p+1. The molecule has 0 aliphatic heterocycles. The number of ketones is 1. The summed E-state index contributed by atoms with van der Waals surface area (Å²) in [5, 5.41) is 11.5. The first-order valence-electron chi connectivity index (χ1n) is 11.1. The minimum absolute atomic E-state index is 0.0144. The van der Waals surface area contributed by atoms with Gasteiger partial charge in [0.25, 0.3) is 0 Å². The summed E-state index contributed by atoms with van der Waals surface area (Å²) < 4.78 is 3.84. The second-order valence-electron chi connectivity index (χ2n) is 8.61. The quantitative estimate of drug-likeness (QED) is 0.408. The van der Waals surface area contributed by atoms with Gasteiger partial charge in [0.05, 0.1) is 12.0 Å². The van der Waals surface area contributed by atoms with Gasteiger partial charge in [-0.25, -0.2) is 0 Å². The SMILES string of the molecule is CC(=O)C[n+]1cc[n+](-c2ccc(-c3cccc(C(CC(C)C)C(=O)NCC#N)c3)cc2)cc1. The van der Waals surface area contributed by atoms with Crippen molar-refractivity contribution in [2.45, 2.75) is 39.7 Å². The maximum absolute atomic E-state index is 12.7. The topological polar surface area (TPSA) is 77.7 Å². The number of hydrogen-bond acceptors (Lipinski definition) is 3. The van der Waals surface area contributed by atoms with E-state index in [4.69, 9.17) is 5.26 Å². The van der Waals surface area contributed by atoms with Gasteiger partial charge in [0.15, 0.2) is 5.78 Å². The number of nitrogens with one attached hydrogen (secondary N) is 1. The molecule has 33 heavy (non-hydrogen) atoms. The van der Waals surface area contributed by atoms with E-state index in [1.165, 1.54) is 0 Å². The fourth-order valence-electron chi connectivity index (χ4n) is 3.83. The van der Waals surface area contributed by atoms with Crippen LogP contribution in [0.3, 0.4) is 0 Å². The molecule has 1 unspecified atom stereocenters. The molecule has 3 aromatic rings. The van der Waals surface area contributed by atoms with Gasteiger partial charge in [0, 0.05) is 19.1 Å². The number of Topliss-reactive ketones (excluding diaryl/α,β-unsaturated/α-hetero) is 1. The van der Waals surface area contributed by atoms with Crippen molar-refractivity contribution in [1.82, 2.24) is 5.32 Å². The summed E-state index contributed by atoms with van der Waals surface area (Å²) in [5.41, 5.74) is 4.06. The van der Waals surface area contributed by atoms with Gasteiger partial charge in [-0.3, -0.25) is 9.59 Å². The summed E-state index contributed by atoms with van der Waals surface area (Å²) in [6, 6.07) is 18.2. The fourth-order valence-corrected chi connectivity index (χ4v) is 3.83. The molecule has 6 nitrogen and oxygen atoms in total. The van der Waals surface area contributed by atoms with E-state index in [0.29, 0.717) is 18.9 Å². The smallest absolute Gasteiger partial charge is 0.239 e. The van der Waals surface area contributed by atoms with Crippen LogP contribution in [0, 0.1) is 17.2 Å². The first kappa shape index (κ1) is 23.8. The van der Waals surface area contributed by atoms with Gasteiger partial charge in [0.2, 0.25) is 42.9 Å². The molecule has 1 aromatic heterocycles. The van der Waals surface area contributed by atoms with E-state index < -0.39 is 0 Å². The third-order valence-corrected chi connectivity index (χ3v) is 5.40. The molecule has 1 amide bonds. The highest BCUT2D eigenvalue weighted by Gasteiger charge is 2.22. The van der Waals surface area contributed by atoms with Crippen LogP contribution >= 0.6 is 0 Å². The van der Waals surface area contributed by atoms with Crippen molar-refractivity contribution in [3.8, 4) is 22.9 Å². The second-order valence-corrected chi connectivity index (χ2v) is 8.61. The Hall–Kier alpha value is -3.85. The molecule has 0 saturated carbocycles. The molecule has 6 heteroatoms. The van der Waals surface area contributed by atoms with Crippen LogP contribution in [0.25, 0.3) is 16.8 Å². The molecule has 0 spiro atoms. The maximum atomic E-state index is 12.7. The lowest BCUT2D eigenvalue weighted by Gasteiger charge is -2.19. The molecular formula is C27H30N4O2+2. The van der Waals surface area contributed by atoms with E-state index in [9.17, 15) is 9.59 Å². The molecule has 1 heterocycles. The van der Waals surface area contributed by atoms with Gasteiger partial charge in [-0.15, -0.1) is 0 Å². The van der Waals surface area contributed by atoms with Crippen LogP contribution in [0.2, 0.25) is 0 Å². The van der Waals surface area contributed by atoms with Crippen molar-refractivity contribution in [2.24, 2.45) is 5.92 Å². The van der Waals surface area contributed by atoms with Gasteiger partial charge in [-0.2, -0.15) is 14.4 Å². The number of nitrogens with zero attached hydrogens (tertiary/aromatic N) is 3. The Kier molecular flexibility index (Phi) is 8.04. The molecule has 1 atom stereocenters. The van der Waals surface area contributed by atoms with Crippen molar-refractivity contribution >= 4 is 11.7 Å². The molecule has 3 rings (SSSR count). The predicted octanol–water partition coefficient (Wildman–Crippen LogP) is 3.28. The third-order valence-electron chi connectivity index (χ3n) is 5.40. The molecule has 0 saturated heterocycles. The zero-order chi connectivity index (χ0) is 23.8. The summed E-state index contributed by atoms with van der Waals surface area (Å²) in [5.74, 6) is 0.0599.